The number of aryl methyl sites for hydroxylation is 1. The summed E-state index contributed by atoms with van der Waals surface area (Å²) in [6.07, 6.45) is 2.26. The fourth-order valence-electron chi connectivity index (χ4n) is 3.58. The molecule has 2 aliphatic heterocycles. The molecular formula is C19H21ClN2O4. The van der Waals surface area contributed by atoms with Gasteiger partial charge >= 0.3 is 0 Å². The van der Waals surface area contributed by atoms with Crippen molar-refractivity contribution in [3.63, 3.8) is 0 Å². The average molecular weight is 377 g/mol. The summed E-state index contributed by atoms with van der Waals surface area (Å²) in [4.78, 5) is 15.0. The van der Waals surface area contributed by atoms with E-state index in [2.05, 4.69) is 5.16 Å². The number of hydrogen-bond acceptors (Lipinski definition) is 5. The molecule has 0 N–H and O–H groups in total. The summed E-state index contributed by atoms with van der Waals surface area (Å²) in [5, 5.41) is 4.63. The van der Waals surface area contributed by atoms with Crippen LogP contribution in [-0.2, 0) is 9.47 Å². The number of benzene rings is 1. The quantitative estimate of drug-likeness (QED) is 0.800. The molecule has 1 aromatic carbocycles. The van der Waals surface area contributed by atoms with Gasteiger partial charge in [0.2, 0.25) is 0 Å². The van der Waals surface area contributed by atoms with E-state index in [1.807, 2.05) is 23.1 Å². The lowest BCUT2D eigenvalue weighted by molar-refractivity contribution is -0.281. The van der Waals surface area contributed by atoms with Gasteiger partial charge in [0, 0.05) is 31.5 Å². The Balaban J connectivity index is 1.56. The van der Waals surface area contributed by atoms with Crippen LogP contribution in [0.25, 0.3) is 11.3 Å². The Bertz CT molecular complexity index is 804. The second-order valence-electron chi connectivity index (χ2n) is 6.70. The number of likely N-dealkylation sites (tertiary alicyclic amines) is 1. The lowest BCUT2D eigenvalue weighted by Gasteiger charge is -2.43. The Hall–Kier alpha value is -1.89. The topological polar surface area (TPSA) is 64.8 Å². The second-order valence-corrected chi connectivity index (χ2v) is 7.10. The van der Waals surface area contributed by atoms with Crippen molar-refractivity contribution in [1.82, 2.24) is 10.1 Å². The maximum absolute atomic E-state index is 13.2. The highest BCUT2D eigenvalue weighted by molar-refractivity contribution is 6.33. The summed E-state index contributed by atoms with van der Waals surface area (Å²) in [7, 11) is 0. The molecule has 7 heteroatoms. The van der Waals surface area contributed by atoms with Crippen LogP contribution >= 0.6 is 11.6 Å². The SMILES string of the molecule is Cc1onc(-c2ccccc2Cl)c1C(=O)N1CCC2(CC1)OCCCO2. The van der Waals surface area contributed by atoms with Crippen molar-refractivity contribution in [1.29, 1.82) is 0 Å². The minimum atomic E-state index is -0.524. The smallest absolute Gasteiger partial charge is 0.259 e. The van der Waals surface area contributed by atoms with Gasteiger partial charge in [0.05, 0.1) is 18.2 Å². The van der Waals surface area contributed by atoms with Crippen LogP contribution in [0.3, 0.4) is 0 Å². The third kappa shape index (κ3) is 3.13. The zero-order chi connectivity index (χ0) is 18.1. The van der Waals surface area contributed by atoms with E-state index >= 15 is 0 Å². The summed E-state index contributed by atoms with van der Waals surface area (Å²) in [6, 6.07) is 7.32. The highest BCUT2D eigenvalue weighted by atomic mass is 35.5. The van der Waals surface area contributed by atoms with E-state index in [4.69, 9.17) is 25.6 Å². The second kappa shape index (κ2) is 7.02. The monoisotopic (exact) mass is 376 g/mol. The number of hydrogen-bond donors (Lipinski definition) is 0. The van der Waals surface area contributed by atoms with Crippen molar-refractivity contribution >= 4 is 17.5 Å². The van der Waals surface area contributed by atoms with Crippen molar-refractivity contribution in [2.45, 2.75) is 32.0 Å². The van der Waals surface area contributed by atoms with Crippen molar-refractivity contribution in [2.75, 3.05) is 26.3 Å². The van der Waals surface area contributed by atoms with Gasteiger partial charge in [0.25, 0.3) is 5.91 Å². The summed E-state index contributed by atoms with van der Waals surface area (Å²) in [6.45, 7) is 4.33. The Morgan fingerprint density at radius 3 is 2.58 bits per heavy atom. The van der Waals surface area contributed by atoms with E-state index in [1.54, 1.807) is 13.0 Å². The van der Waals surface area contributed by atoms with Gasteiger partial charge in [-0.2, -0.15) is 0 Å². The molecular weight excluding hydrogens is 356 g/mol. The Morgan fingerprint density at radius 1 is 1.19 bits per heavy atom. The predicted molar refractivity (Wildman–Crippen MR) is 96.1 cm³/mol. The number of aromatic nitrogens is 1. The summed E-state index contributed by atoms with van der Waals surface area (Å²) < 4.78 is 17.0. The normalized spacial score (nSPS) is 19.7. The lowest BCUT2D eigenvalue weighted by Crippen LogP contribution is -2.51. The van der Waals surface area contributed by atoms with Crippen LogP contribution in [0, 0.1) is 6.92 Å². The van der Waals surface area contributed by atoms with Gasteiger partial charge in [-0.05, 0) is 19.4 Å². The first-order valence-corrected chi connectivity index (χ1v) is 9.26. The molecule has 2 aliphatic rings. The average Bonchev–Trinajstić information content (AvgIpc) is 3.04. The first-order chi connectivity index (χ1) is 12.6. The van der Waals surface area contributed by atoms with Gasteiger partial charge in [-0.25, -0.2) is 0 Å². The Kier molecular flexibility index (Phi) is 4.73. The highest BCUT2D eigenvalue weighted by Crippen LogP contribution is 2.34. The molecule has 4 rings (SSSR count). The highest BCUT2D eigenvalue weighted by Gasteiger charge is 2.40. The van der Waals surface area contributed by atoms with Crippen molar-refractivity contribution in [2.24, 2.45) is 0 Å². The number of rotatable bonds is 2. The van der Waals surface area contributed by atoms with Crippen molar-refractivity contribution < 1.29 is 18.8 Å². The van der Waals surface area contributed by atoms with Gasteiger partial charge in [-0.1, -0.05) is 35.0 Å². The maximum Gasteiger partial charge on any atom is 0.259 e. The summed E-state index contributed by atoms with van der Waals surface area (Å²) in [5.74, 6) is -0.121. The first kappa shape index (κ1) is 17.5. The molecule has 1 spiro atoms. The van der Waals surface area contributed by atoms with Crippen molar-refractivity contribution in [3.05, 3.63) is 40.6 Å². The molecule has 0 aliphatic carbocycles. The molecule has 3 heterocycles. The zero-order valence-electron chi connectivity index (χ0n) is 14.7. The number of amides is 1. The number of carbonyl (C=O) groups excluding carboxylic acids is 1. The molecule has 6 nitrogen and oxygen atoms in total. The van der Waals surface area contributed by atoms with Gasteiger partial charge in [-0.15, -0.1) is 0 Å². The molecule has 0 saturated carbocycles. The molecule has 138 valence electrons. The van der Waals surface area contributed by atoms with Crippen molar-refractivity contribution in [3.8, 4) is 11.3 Å². The molecule has 1 amide bonds. The van der Waals surface area contributed by atoms with Gasteiger partial charge in [0.15, 0.2) is 5.79 Å². The number of nitrogens with zero attached hydrogens (tertiary/aromatic N) is 2. The largest absolute Gasteiger partial charge is 0.360 e. The van der Waals surface area contributed by atoms with E-state index in [0.717, 1.165) is 19.6 Å². The Labute approximate surface area is 157 Å². The number of carbonyl (C=O) groups is 1. The van der Waals surface area contributed by atoms with E-state index < -0.39 is 5.79 Å². The van der Waals surface area contributed by atoms with Crippen LogP contribution in [-0.4, -0.2) is 48.1 Å². The third-order valence-corrected chi connectivity index (χ3v) is 5.37. The standard InChI is InChI=1S/C19H21ClN2O4/c1-13-16(17(21-26-13)14-5-2-3-6-15(14)20)18(23)22-9-7-19(8-10-22)24-11-4-12-25-19/h2-3,5-6H,4,7-12H2,1H3. The van der Waals surface area contributed by atoms with E-state index in [-0.39, 0.29) is 5.91 Å². The molecule has 0 unspecified atom stereocenters. The fraction of sp³-hybridized carbons (Fsp3) is 0.474. The molecule has 2 saturated heterocycles. The molecule has 26 heavy (non-hydrogen) atoms. The zero-order valence-corrected chi connectivity index (χ0v) is 15.4. The van der Waals surface area contributed by atoms with Gasteiger partial charge in [0.1, 0.15) is 17.0 Å². The minimum absolute atomic E-state index is 0.0932. The third-order valence-electron chi connectivity index (χ3n) is 5.04. The number of ether oxygens (including phenoxy) is 2. The minimum Gasteiger partial charge on any atom is -0.360 e. The maximum atomic E-state index is 13.2. The lowest BCUT2D eigenvalue weighted by atomic mass is 10.00. The van der Waals surface area contributed by atoms with Gasteiger partial charge in [-0.3, -0.25) is 4.79 Å². The van der Waals surface area contributed by atoms with Crippen LogP contribution < -0.4 is 0 Å². The molecule has 2 fully saturated rings. The molecule has 2 aromatic rings. The van der Waals surface area contributed by atoms with Crippen LogP contribution in [0.4, 0.5) is 0 Å². The number of halogens is 1. The van der Waals surface area contributed by atoms with Crippen LogP contribution in [0.1, 0.15) is 35.4 Å². The predicted octanol–water partition coefficient (Wildman–Crippen LogP) is 3.67. The summed E-state index contributed by atoms with van der Waals surface area (Å²) >= 11 is 6.29. The van der Waals surface area contributed by atoms with Crippen LogP contribution in [0.2, 0.25) is 5.02 Å². The Morgan fingerprint density at radius 2 is 1.88 bits per heavy atom. The molecule has 0 bridgehead atoms. The van der Waals surface area contributed by atoms with E-state index in [9.17, 15) is 4.79 Å². The van der Waals surface area contributed by atoms with E-state index in [0.29, 0.717) is 53.5 Å². The van der Waals surface area contributed by atoms with Gasteiger partial charge < -0.3 is 18.9 Å². The van der Waals surface area contributed by atoms with Crippen LogP contribution in [0.5, 0.6) is 0 Å². The molecule has 0 atom stereocenters. The molecule has 0 radical (unpaired) electrons. The summed E-state index contributed by atoms with van der Waals surface area (Å²) in [5.41, 5.74) is 1.66. The van der Waals surface area contributed by atoms with Crippen LogP contribution in [0.15, 0.2) is 28.8 Å². The number of piperidine rings is 1. The van der Waals surface area contributed by atoms with E-state index in [1.165, 1.54) is 0 Å². The first-order valence-electron chi connectivity index (χ1n) is 8.88. The fourth-order valence-corrected chi connectivity index (χ4v) is 3.80. The molecule has 1 aromatic heterocycles.